The van der Waals surface area contributed by atoms with E-state index in [1.165, 1.54) is 11.1 Å². The van der Waals surface area contributed by atoms with Crippen LogP contribution in [0.25, 0.3) is 6.08 Å². The highest BCUT2D eigenvalue weighted by molar-refractivity contribution is 5.46. The van der Waals surface area contributed by atoms with Crippen molar-refractivity contribution in [3.05, 3.63) is 42.0 Å². The second kappa shape index (κ2) is 5.72. The molecule has 0 saturated heterocycles. The maximum Gasteiger partial charge on any atom is -0.0262 e. The third-order valence-corrected chi connectivity index (χ3v) is 1.31. The molecular weight excluding hydrogens is 132 g/mol. The Morgan fingerprint density at radius 3 is 1.91 bits per heavy atom. The van der Waals surface area contributed by atoms with Gasteiger partial charge in [-0.05, 0) is 12.5 Å². The molecule has 1 aromatic rings. The summed E-state index contributed by atoms with van der Waals surface area (Å²) >= 11 is 0. The Morgan fingerprint density at radius 1 is 1.09 bits per heavy atom. The zero-order chi connectivity index (χ0) is 8.69. The van der Waals surface area contributed by atoms with Crippen molar-refractivity contribution in [3.63, 3.8) is 0 Å². The molecule has 0 aliphatic carbocycles. The van der Waals surface area contributed by atoms with Crippen molar-refractivity contribution in [1.29, 1.82) is 0 Å². The minimum atomic E-state index is 1.18. The number of hydrogen-bond donors (Lipinski definition) is 0. The van der Waals surface area contributed by atoms with Crippen LogP contribution < -0.4 is 0 Å². The zero-order valence-corrected chi connectivity index (χ0v) is 7.59. The van der Waals surface area contributed by atoms with Gasteiger partial charge >= 0.3 is 0 Å². The van der Waals surface area contributed by atoms with Crippen molar-refractivity contribution in [3.8, 4) is 0 Å². The van der Waals surface area contributed by atoms with Gasteiger partial charge in [-0.2, -0.15) is 0 Å². The number of benzene rings is 1. The van der Waals surface area contributed by atoms with Crippen molar-refractivity contribution in [2.24, 2.45) is 0 Å². The van der Waals surface area contributed by atoms with Gasteiger partial charge < -0.3 is 0 Å². The Hall–Kier alpha value is -1.04. The second-order valence-corrected chi connectivity index (χ2v) is 2.11. The highest BCUT2D eigenvalue weighted by Crippen LogP contribution is 2.02. The topological polar surface area (TPSA) is 0 Å². The Kier molecular flexibility index (Phi) is 5.18. The van der Waals surface area contributed by atoms with Crippen LogP contribution in [-0.2, 0) is 0 Å². The lowest BCUT2D eigenvalue weighted by Crippen LogP contribution is -1.71. The van der Waals surface area contributed by atoms with Crippen molar-refractivity contribution in [2.45, 2.75) is 20.8 Å². The molecule has 0 nitrogen and oxygen atoms in total. The zero-order valence-electron chi connectivity index (χ0n) is 7.59. The highest BCUT2D eigenvalue weighted by Gasteiger charge is 1.82. The van der Waals surface area contributed by atoms with Crippen LogP contribution in [-0.4, -0.2) is 0 Å². The van der Waals surface area contributed by atoms with E-state index < -0.39 is 0 Å². The van der Waals surface area contributed by atoms with Gasteiger partial charge in [-0.1, -0.05) is 56.3 Å². The van der Waals surface area contributed by atoms with E-state index in [0.717, 1.165) is 0 Å². The number of hydrogen-bond acceptors (Lipinski definition) is 0. The van der Waals surface area contributed by atoms with Crippen LogP contribution in [0.4, 0.5) is 0 Å². The molecule has 60 valence electrons. The Bertz CT molecular complexity index is 194. The predicted molar refractivity (Wildman–Crippen MR) is 52.6 cm³/mol. The summed E-state index contributed by atoms with van der Waals surface area (Å²) in [5.41, 5.74) is 2.47. The van der Waals surface area contributed by atoms with Crippen LogP contribution in [0.5, 0.6) is 0 Å². The van der Waals surface area contributed by atoms with E-state index in [-0.39, 0.29) is 0 Å². The molecule has 0 heterocycles. The van der Waals surface area contributed by atoms with Crippen molar-refractivity contribution in [1.82, 2.24) is 0 Å². The van der Waals surface area contributed by atoms with E-state index in [1.807, 2.05) is 19.9 Å². The van der Waals surface area contributed by atoms with Gasteiger partial charge in [0.25, 0.3) is 0 Å². The molecule has 0 saturated carbocycles. The number of aryl methyl sites for hydroxylation is 1. The van der Waals surface area contributed by atoms with Gasteiger partial charge in [0.05, 0.1) is 0 Å². The molecule has 0 N–H and O–H groups in total. The van der Waals surface area contributed by atoms with Crippen LogP contribution in [0.2, 0.25) is 0 Å². The van der Waals surface area contributed by atoms with E-state index in [0.29, 0.717) is 0 Å². The fourth-order valence-corrected chi connectivity index (χ4v) is 0.703. The largest absolute Gasteiger partial charge is 0.0985 e. The molecule has 0 spiro atoms. The average molecular weight is 148 g/mol. The lowest BCUT2D eigenvalue weighted by Gasteiger charge is -1.91. The maximum atomic E-state index is 3.66. The quantitative estimate of drug-likeness (QED) is 0.570. The lowest BCUT2D eigenvalue weighted by atomic mass is 10.2. The highest BCUT2D eigenvalue weighted by atomic mass is 13.9. The van der Waals surface area contributed by atoms with Crippen LogP contribution in [0, 0.1) is 6.92 Å². The Morgan fingerprint density at radius 2 is 1.55 bits per heavy atom. The smallest absolute Gasteiger partial charge is 0.0262 e. The summed E-state index contributed by atoms with van der Waals surface area (Å²) in [6.07, 6.45) is 1.85. The SMILES string of the molecule is C=Cc1ccc(C)cc1.CC. The fourth-order valence-electron chi connectivity index (χ4n) is 0.703. The molecule has 0 aliphatic rings. The third-order valence-electron chi connectivity index (χ3n) is 1.31. The fraction of sp³-hybridized carbons (Fsp3) is 0.273. The Labute approximate surface area is 69.6 Å². The number of rotatable bonds is 1. The second-order valence-electron chi connectivity index (χ2n) is 2.11. The van der Waals surface area contributed by atoms with E-state index in [4.69, 9.17) is 0 Å². The summed E-state index contributed by atoms with van der Waals surface area (Å²) in [6, 6.07) is 8.28. The summed E-state index contributed by atoms with van der Waals surface area (Å²) in [5, 5.41) is 0. The van der Waals surface area contributed by atoms with Gasteiger partial charge in [-0.25, -0.2) is 0 Å². The third kappa shape index (κ3) is 3.61. The van der Waals surface area contributed by atoms with Crippen LogP contribution >= 0.6 is 0 Å². The van der Waals surface area contributed by atoms with Crippen LogP contribution in [0.15, 0.2) is 30.8 Å². The van der Waals surface area contributed by atoms with Crippen molar-refractivity contribution >= 4 is 6.08 Å². The maximum absolute atomic E-state index is 3.66. The molecule has 0 heteroatoms. The first-order valence-electron chi connectivity index (χ1n) is 4.02. The first kappa shape index (κ1) is 9.96. The van der Waals surface area contributed by atoms with E-state index in [1.54, 1.807) is 0 Å². The summed E-state index contributed by atoms with van der Waals surface area (Å²) < 4.78 is 0. The average Bonchev–Trinajstić information content (AvgIpc) is 2.10. The Balaban J connectivity index is 0.000000461. The monoisotopic (exact) mass is 148 g/mol. The molecule has 0 fully saturated rings. The molecule has 0 atom stereocenters. The van der Waals surface area contributed by atoms with Gasteiger partial charge in [0.15, 0.2) is 0 Å². The van der Waals surface area contributed by atoms with E-state index in [2.05, 4.69) is 37.8 Å². The van der Waals surface area contributed by atoms with Crippen molar-refractivity contribution < 1.29 is 0 Å². The molecule has 0 amide bonds. The van der Waals surface area contributed by atoms with Gasteiger partial charge in [0.2, 0.25) is 0 Å². The van der Waals surface area contributed by atoms with E-state index >= 15 is 0 Å². The molecule has 11 heavy (non-hydrogen) atoms. The predicted octanol–water partition coefficient (Wildman–Crippen LogP) is 3.66. The normalized spacial score (nSPS) is 7.91. The van der Waals surface area contributed by atoms with Gasteiger partial charge in [0, 0.05) is 0 Å². The van der Waals surface area contributed by atoms with Gasteiger partial charge in [-0.15, -0.1) is 0 Å². The van der Waals surface area contributed by atoms with E-state index in [9.17, 15) is 0 Å². The molecule has 0 unspecified atom stereocenters. The molecule has 1 rings (SSSR count). The summed E-state index contributed by atoms with van der Waals surface area (Å²) in [5.74, 6) is 0. The first-order valence-corrected chi connectivity index (χ1v) is 4.02. The minimum Gasteiger partial charge on any atom is -0.0985 e. The standard InChI is InChI=1S/C9H10.C2H6/c1-3-9-6-4-8(2)5-7-9;1-2/h3-7H,1H2,2H3;1-2H3. The molecular formula is C11H16. The summed E-state index contributed by atoms with van der Waals surface area (Å²) in [7, 11) is 0. The summed E-state index contributed by atoms with van der Waals surface area (Å²) in [4.78, 5) is 0. The van der Waals surface area contributed by atoms with Crippen LogP contribution in [0.1, 0.15) is 25.0 Å². The lowest BCUT2D eigenvalue weighted by molar-refractivity contribution is 1.46. The molecule has 0 aromatic heterocycles. The van der Waals surface area contributed by atoms with Gasteiger partial charge in [-0.3, -0.25) is 0 Å². The molecule has 0 aliphatic heterocycles. The molecule has 0 bridgehead atoms. The van der Waals surface area contributed by atoms with Crippen molar-refractivity contribution in [2.75, 3.05) is 0 Å². The summed E-state index contributed by atoms with van der Waals surface area (Å²) in [6.45, 7) is 9.74. The van der Waals surface area contributed by atoms with Gasteiger partial charge in [0.1, 0.15) is 0 Å². The molecule has 0 radical (unpaired) electrons. The molecule has 1 aromatic carbocycles. The first-order chi connectivity index (χ1) is 5.33. The minimum absolute atomic E-state index is 1.18. The van der Waals surface area contributed by atoms with Crippen LogP contribution in [0.3, 0.4) is 0 Å².